The number of anilines is 1. The summed E-state index contributed by atoms with van der Waals surface area (Å²) < 4.78 is 38.3. The predicted octanol–water partition coefficient (Wildman–Crippen LogP) is 6.09. The van der Waals surface area contributed by atoms with Gasteiger partial charge in [-0.15, -0.1) is 0 Å². The minimum Gasteiger partial charge on any atom is -0.493 e. The summed E-state index contributed by atoms with van der Waals surface area (Å²) in [4.78, 5) is 25.2. The van der Waals surface area contributed by atoms with Crippen LogP contribution in [0.5, 0.6) is 11.5 Å². The van der Waals surface area contributed by atoms with Crippen LogP contribution in [0.3, 0.4) is 0 Å². The minimum atomic E-state index is -3.76. The van der Waals surface area contributed by atoms with Crippen molar-refractivity contribution in [1.82, 2.24) is 5.43 Å². The first-order chi connectivity index (χ1) is 19.6. The van der Waals surface area contributed by atoms with Gasteiger partial charge in [-0.2, -0.15) is 5.10 Å². The van der Waals surface area contributed by atoms with Gasteiger partial charge >= 0.3 is 5.97 Å². The Hall–Kier alpha value is -4.38. The molecular weight excluding hydrogens is 589 g/mol. The molecule has 0 radical (unpaired) electrons. The number of methoxy groups -OCH3 is 1. The maximum atomic E-state index is 12.6. The van der Waals surface area contributed by atoms with Crippen LogP contribution in [0.25, 0.3) is 0 Å². The summed E-state index contributed by atoms with van der Waals surface area (Å²) >= 11 is 12.0. The second kappa shape index (κ2) is 12.9. The van der Waals surface area contributed by atoms with Gasteiger partial charge in [-0.1, -0.05) is 40.9 Å². The highest BCUT2D eigenvalue weighted by molar-refractivity contribution is 7.92. The molecule has 4 rings (SSSR count). The van der Waals surface area contributed by atoms with E-state index < -0.39 is 21.9 Å². The molecule has 0 spiro atoms. The topological polar surface area (TPSA) is 123 Å². The number of nitrogens with zero attached hydrogens (tertiary/aromatic N) is 1. The Morgan fingerprint density at radius 2 is 1.59 bits per heavy atom. The fraction of sp³-hybridized carbons (Fsp3) is 0.0690. The number of hydrogen-bond donors (Lipinski definition) is 2. The molecule has 0 saturated heterocycles. The smallest absolute Gasteiger partial charge is 0.345 e. The second-order valence-corrected chi connectivity index (χ2v) is 11.1. The Kier molecular flexibility index (Phi) is 9.28. The normalized spacial score (nSPS) is 11.2. The second-order valence-electron chi connectivity index (χ2n) is 8.62. The van der Waals surface area contributed by atoms with Crippen LogP contribution in [0.4, 0.5) is 5.69 Å². The Labute approximate surface area is 246 Å². The quantitative estimate of drug-likeness (QED) is 0.102. The first-order valence-corrected chi connectivity index (χ1v) is 14.2. The third kappa shape index (κ3) is 7.63. The molecule has 0 aromatic heterocycles. The van der Waals surface area contributed by atoms with Gasteiger partial charge in [-0.25, -0.2) is 18.6 Å². The number of halogens is 2. The van der Waals surface area contributed by atoms with Crippen LogP contribution in [0.1, 0.15) is 31.8 Å². The van der Waals surface area contributed by atoms with Crippen molar-refractivity contribution in [2.24, 2.45) is 5.10 Å². The van der Waals surface area contributed by atoms with E-state index in [2.05, 4.69) is 15.2 Å². The average Bonchev–Trinajstić information content (AvgIpc) is 2.94. The summed E-state index contributed by atoms with van der Waals surface area (Å²) in [7, 11) is -2.35. The summed E-state index contributed by atoms with van der Waals surface area (Å²) in [5.74, 6) is -0.788. The van der Waals surface area contributed by atoms with Gasteiger partial charge in [-0.05, 0) is 85.3 Å². The highest BCUT2D eigenvalue weighted by Gasteiger charge is 2.17. The van der Waals surface area contributed by atoms with Crippen LogP contribution >= 0.6 is 23.2 Å². The van der Waals surface area contributed by atoms with Gasteiger partial charge in [-0.3, -0.25) is 9.52 Å². The van der Waals surface area contributed by atoms with E-state index in [4.69, 9.17) is 32.7 Å². The van der Waals surface area contributed by atoms with Crippen LogP contribution in [-0.4, -0.2) is 33.6 Å². The number of carbonyl (C=O) groups excluding carboxylic acids is 2. The van der Waals surface area contributed by atoms with Crippen molar-refractivity contribution in [1.29, 1.82) is 0 Å². The summed E-state index contributed by atoms with van der Waals surface area (Å²) in [6.45, 7) is 1.87. The number of rotatable bonds is 9. The van der Waals surface area contributed by atoms with Gasteiger partial charge in [0.15, 0.2) is 11.5 Å². The molecule has 0 heterocycles. The summed E-state index contributed by atoms with van der Waals surface area (Å²) in [5, 5.41) is 4.49. The molecule has 0 aliphatic carbocycles. The van der Waals surface area contributed by atoms with Crippen LogP contribution < -0.4 is 19.6 Å². The standard InChI is InChI=1S/C29H23Cl2N3O6S/c1-18-3-11-23(12-4-18)41(37,38)34-22-9-6-20(7-10-22)28(35)33-32-17-19-5-14-26(27(15-19)39-2)40-29(36)24-13-8-21(30)16-25(24)31/h3-17,34H,1-2H3,(H,33,35)/b32-17-. The molecule has 0 bridgehead atoms. The lowest BCUT2D eigenvalue weighted by atomic mass is 10.2. The number of hydrogen-bond acceptors (Lipinski definition) is 7. The number of esters is 1. The van der Waals surface area contributed by atoms with Gasteiger partial charge in [0, 0.05) is 16.3 Å². The molecule has 12 heteroatoms. The zero-order valence-electron chi connectivity index (χ0n) is 21.7. The first kappa shape index (κ1) is 29.6. The molecule has 0 aliphatic heterocycles. The fourth-order valence-corrected chi connectivity index (χ4v) is 5.05. The Morgan fingerprint density at radius 3 is 2.24 bits per heavy atom. The fourth-order valence-electron chi connectivity index (χ4n) is 3.51. The molecule has 2 N–H and O–H groups in total. The number of aryl methyl sites for hydroxylation is 1. The average molecular weight is 612 g/mol. The van der Waals surface area contributed by atoms with Crippen LogP contribution in [0.2, 0.25) is 10.0 Å². The predicted molar refractivity (Wildman–Crippen MR) is 158 cm³/mol. The van der Waals surface area contributed by atoms with E-state index in [1.54, 1.807) is 24.3 Å². The molecule has 0 atom stereocenters. The number of nitrogens with one attached hydrogen (secondary N) is 2. The van der Waals surface area contributed by atoms with Crippen molar-refractivity contribution in [2.45, 2.75) is 11.8 Å². The highest BCUT2D eigenvalue weighted by Crippen LogP contribution is 2.30. The van der Waals surface area contributed by atoms with E-state index in [0.29, 0.717) is 16.3 Å². The summed E-state index contributed by atoms with van der Waals surface area (Å²) in [5.41, 5.74) is 4.61. The van der Waals surface area contributed by atoms with Crippen LogP contribution in [-0.2, 0) is 10.0 Å². The zero-order valence-corrected chi connectivity index (χ0v) is 24.0. The lowest BCUT2D eigenvalue weighted by molar-refractivity contribution is 0.0729. The number of amides is 1. The van der Waals surface area contributed by atoms with E-state index in [1.165, 1.54) is 74.0 Å². The van der Waals surface area contributed by atoms with Crippen LogP contribution in [0.15, 0.2) is 94.9 Å². The van der Waals surface area contributed by atoms with Crippen LogP contribution in [0, 0.1) is 6.92 Å². The van der Waals surface area contributed by atoms with Crippen molar-refractivity contribution < 1.29 is 27.5 Å². The number of ether oxygens (including phenoxy) is 2. The molecule has 0 unspecified atom stereocenters. The third-order valence-corrected chi connectivity index (χ3v) is 7.60. The molecule has 0 aliphatic rings. The van der Waals surface area contributed by atoms with Gasteiger partial charge in [0.1, 0.15) is 0 Å². The molecule has 4 aromatic carbocycles. The number of benzene rings is 4. The van der Waals surface area contributed by atoms with E-state index in [9.17, 15) is 18.0 Å². The Bertz CT molecular complexity index is 1720. The highest BCUT2D eigenvalue weighted by atomic mass is 35.5. The molecule has 0 fully saturated rings. The van der Waals surface area contributed by atoms with Crippen molar-refractivity contribution in [2.75, 3.05) is 11.8 Å². The van der Waals surface area contributed by atoms with E-state index in [1.807, 2.05) is 6.92 Å². The van der Waals surface area contributed by atoms with Crippen molar-refractivity contribution in [3.8, 4) is 11.5 Å². The Morgan fingerprint density at radius 1 is 0.878 bits per heavy atom. The maximum absolute atomic E-state index is 12.6. The largest absolute Gasteiger partial charge is 0.493 e. The number of carbonyl (C=O) groups is 2. The lowest BCUT2D eigenvalue weighted by Crippen LogP contribution is -2.18. The SMILES string of the molecule is COc1cc(/C=N\NC(=O)c2ccc(NS(=O)(=O)c3ccc(C)cc3)cc2)ccc1OC(=O)c1ccc(Cl)cc1Cl. The molecule has 1 amide bonds. The first-order valence-electron chi connectivity index (χ1n) is 11.9. The van der Waals surface area contributed by atoms with Gasteiger partial charge in [0.05, 0.1) is 28.8 Å². The molecule has 41 heavy (non-hydrogen) atoms. The van der Waals surface area contributed by atoms with Crippen molar-refractivity contribution in [3.63, 3.8) is 0 Å². The minimum absolute atomic E-state index is 0.132. The monoisotopic (exact) mass is 611 g/mol. The summed E-state index contributed by atoms with van der Waals surface area (Å²) in [6, 6.07) is 21.5. The van der Waals surface area contributed by atoms with E-state index in [0.717, 1.165) is 5.56 Å². The third-order valence-electron chi connectivity index (χ3n) is 5.65. The molecular formula is C29H23Cl2N3O6S. The van der Waals surface area contributed by atoms with Gasteiger partial charge in [0.2, 0.25) is 0 Å². The van der Waals surface area contributed by atoms with Gasteiger partial charge in [0.25, 0.3) is 15.9 Å². The molecule has 4 aromatic rings. The van der Waals surface area contributed by atoms with Crippen molar-refractivity contribution >= 4 is 57.0 Å². The molecule has 9 nitrogen and oxygen atoms in total. The zero-order chi connectivity index (χ0) is 29.6. The van der Waals surface area contributed by atoms with E-state index >= 15 is 0 Å². The molecule has 210 valence electrons. The van der Waals surface area contributed by atoms with E-state index in [-0.39, 0.29) is 32.5 Å². The molecule has 0 saturated carbocycles. The van der Waals surface area contributed by atoms with Crippen molar-refractivity contribution in [3.05, 3.63) is 117 Å². The Balaban J connectivity index is 1.36. The summed E-state index contributed by atoms with van der Waals surface area (Å²) in [6.07, 6.45) is 1.38. The number of hydrazone groups is 1. The lowest BCUT2D eigenvalue weighted by Gasteiger charge is -2.11. The maximum Gasteiger partial charge on any atom is 0.345 e. The number of sulfonamides is 1. The van der Waals surface area contributed by atoms with Gasteiger partial charge < -0.3 is 9.47 Å².